The fraction of sp³-hybridized carbons (Fsp3) is 0.273. The third kappa shape index (κ3) is 3.73. The Hall–Kier alpha value is -4.13. The molecule has 1 aliphatic rings. The lowest BCUT2D eigenvalue weighted by Gasteiger charge is -2.36. The highest BCUT2D eigenvalue weighted by Gasteiger charge is 2.24. The Morgan fingerprint density at radius 1 is 0.971 bits per heavy atom. The number of hydrogen-bond donors (Lipinski definition) is 1. The quantitative estimate of drug-likeness (QED) is 0.407. The van der Waals surface area contributed by atoms with Crippen molar-refractivity contribution in [3.8, 4) is 11.6 Å². The Bertz CT molecular complexity index is 1500. The average Bonchev–Trinajstić information content (AvgIpc) is 3.57. The molecule has 0 radical (unpaired) electrons. The van der Waals surface area contributed by atoms with Gasteiger partial charge in [0.05, 0.1) is 24.4 Å². The first kappa shape index (κ1) is 21.4. The highest BCUT2D eigenvalue weighted by Crippen LogP contribution is 2.26. The summed E-state index contributed by atoms with van der Waals surface area (Å²) in [5.41, 5.74) is 7.07. The number of nitrogens with two attached hydrogens (primary N) is 1. The van der Waals surface area contributed by atoms with Crippen molar-refractivity contribution in [1.29, 1.82) is 0 Å². The van der Waals surface area contributed by atoms with E-state index in [0.29, 0.717) is 79.7 Å². The summed E-state index contributed by atoms with van der Waals surface area (Å²) in [6.45, 7) is 3.19. The first-order chi connectivity index (χ1) is 17.0. The minimum absolute atomic E-state index is 0.177. The van der Waals surface area contributed by atoms with Crippen LogP contribution in [0.1, 0.15) is 0 Å². The van der Waals surface area contributed by atoms with Crippen LogP contribution in [0.15, 0.2) is 41.1 Å². The summed E-state index contributed by atoms with van der Waals surface area (Å²) in [5, 5.41) is 9.55. The average molecular weight is 483 g/mol. The van der Waals surface area contributed by atoms with E-state index in [1.165, 1.54) is 4.52 Å². The lowest BCUT2D eigenvalue weighted by molar-refractivity contribution is 0.244. The predicted molar refractivity (Wildman–Crippen MR) is 121 cm³/mol. The highest BCUT2D eigenvalue weighted by molar-refractivity contribution is 5.90. The Balaban J connectivity index is 1.17. The standard InChI is InChI=1S/C22H20F3N9O/c23-13-10-15(24)18(16(25)11-13)32-6-3-31(4-7-32)5-8-33-20-14(12-27-33)21-28-19(17-2-1-9-35-17)30-34(21)22(26)29-20/h1-2,9-12H,3-8H2,(H2,26,29). The molecule has 0 atom stereocenters. The van der Waals surface area contributed by atoms with Gasteiger partial charge in [0, 0.05) is 44.9 Å². The van der Waals surface area contributed by atoms with Crippen LogP contribution in [-0.2, 0) is 6.54 Å². The molecule has 4 aromatic heterocycles. The molecule has 6 rings (SSSR count). The number of rotatable bonds is 5. The van der Waals surface area contributed by atoms with Crippen LogP contribution in [-0.4, -0.2) is 67.0 Å². The number of piperazine rings is 1. The lowest BCUT2D eigenvalue weighted by Crippen LogP contribution is -2.47. The SMILES string of the molecule is Nc1nc2c(cnn2CCN2CCN(c3c(F)cc(F)cc3F)CC2)c2nc(-c3ccco3)nn12. The summed E-state index contributed by atoms with van der Waals surface area (Å²) in [6.07, 6.45) is 3.22. The van der Waals surface area contributed by atoms with Gasteiger partial charge in [0.1, 0.15) is 11.5 Å². The number of hydrogen-bond acceptors (Lipinski definition) is 8. The first-order valence-corrected chi connectivity index (χ1v) is 11.0. The van der Waals surface area contributed by atoms with E-state index in [2.05, 4.69) is 25.1 Å². The zero-order chi connectivity index (χ0) is 24.1. The van der Waals surface area contributed by atoms with Gasteiger partial charge in [-0.15, -0.1) is 5.10 Å². The van der Waals surface area contributed by atoms with E-state index in [9.17, 15) is 13.2 Å². The number of nitrogens with zero attached hydrogens (tertiary/aromatic N) is 8. The van der Waals surface area contributed by atoms with Gasteiger partial charge in [0.2, 0.25) is 11.8 Å². The molecule has 0 amide bonds. The zero-order valence-corrected chi connectivity index (χ0v) is 18.4. The Morgan fingerprint density at radius 3 is 2.46 bits per heavy atom. The molecule has 1 saturated heterocycles. The van der Waals surface area contributed by atoms with Crippen LogP contribution in [0.4, 0.5) is 24.8 Å². The van der Waals surface area contributed by atoms with Crippen LogP contribution >= 0.6 is 0 Å². The smallest absolute Gasteiger partial charge is 0.225 e. The summed E-state index contributed by atoms with van der Waals surface area (Å²) in [4.78, 5) is 12.8. The molecule has 13 heteroatoms. The van der Waals surface area contributed by atoms with Gasteiger partial charge in [0.15, 0.2) is 28.7 Å². The lowest BCUT2D eigenvalue weighted by atomic mass is 10.2. The van der Waals surface area contributed by atoms with Gasteiger partial charge >= 0.3 is 0 Å². The molecule has 2 N–H and O–H groups in total. The molecule has 0 saturated carbocycles. The fourth-order valence-corrected chi connectivity index (χ4v) is 4.40. The summed E-state index contributed by atoms with van der Waals surface area (Å²) >= 11 is 0. The molecule has 0 aliphatic carbocycles. The third-order valence-corrected chi connectivity index (χ3v) is 6.14. The second-order valence-electron chi connectivity index (χ2n) is 8.27. The van der Waals surface area contributed by atoms with Gasteiger partial charge in [-0.3, -0.25) is 4.90 Å². The fourth-order valence-electron chi connectivity index (χ4n) is 4.40. The maximum absolute atomic E-state index is 14.1. The van der Waals surface area contributed by atoms with Crippen LogP contribution in [0.3, 0.4) is 0 Å². The van der Waals surface area contributed by atoms with Gasteiger partial charge in [0.25, 0.3) is 0 Å². The maximum Gasteiger partial charge on any atom is 0.225 e. The summed E-state index contributed by atoms with van der Waals surface area (Å²) < 4.78 is 50.0. The minimum atomic E-state index is -0.927. The van der Waals surface area contributed by atoms with E-state index < -0.39 is 17.5 Å². The number of nitrogen functional groups attached to an aromatic ring is 1. The number of aromatic nitrogens is 6. The number of anilines is 2. The molecule has 10 nitrogen and oxygen atoms in total. The summed E-state index contributed by atoms with van der Waals surface area (Å²) in [6, 6.07) is 4.92. The van der Waals surface area contributed by atoms with Crippen molar-refractivity contribution >= 4 is 28.3 Å². The molecule has 1 fully saturated rings. The predicted octanol–water partition coefficient (Wildman–Crippen LogP) is 2.56. The molecule has 0 spiro atoms. The van der Waals surface area contributed by atoms with E-state index in [4.69, 9.17) is 10.2 Å². The normalized spacial score (nSPS) is 15.0. The molecular weight excluding hydrogens is 463 g/mol. The number of fused-ring (bicyclic) bond motifs is 3. The molecule has 0 unspecified atom stereocenters. The van der Waals surface area contributed by atoms with Crippen LogP contribution in [0.25, 0.3) is 28.3 Å². The molecule has 5 heterocycles. The Labute approximate surface area is 196 Å². The van der Waals surface area contributed by atoms with Crippen molar-refractivity contribution in [3.63, 3.8) is 0 Å². The van der Waals surface area contributed by atoms with Crippen LogP contribution < -0.4 is 10.6 Å². The van der Waals surface area contributed by atoms with E-state index in [1.54, 1.807) is 34.2 Å². The van der Waals surface area contributed by atoms with Crippen molar-refractivity contribution in [2.45, 2.75) is 6.54 Å². The number of halogens is 3. The van der Waals surface area contributed by atoms with Crippen LogP contribution in [0.5, 0.6) is 0 Å². The second kappa shape index (κ2) is 8.27. The highest BCUT2D eigenvalue weighted by atomic mass is 19.1. The van der Waals surface area contributed by atoms with Crippen molar-refractivity contribution in [1.82, 2.24) is 34.3 Å². The van der Waals surface area contributed by atoms with Gasteiger partial charge in [-0.05, 0) is 12.1 Å². The minimum Gasteiger partial charge on any atom is -0.461 e. The molecule has 35 heavy (non-hydrogen) atoms. The van der Waals surface area contributed by atoms with Gasteiger partial charge in [-0.2, -0.15) is 14.6 Å². The van der Waals surface area contributed by atoms with E-state index in [0.717, 1.165) is 0 Å². The molecule has 5 aromatic rings. The summed E-state index contributed by atoms with van der Waals surface area (Å²) in [5.74, 6) is -1.61. The van der Waals surface area contributed by atoms with Crippen LogP contribution in [0, 0.1) is 17.5 Å². The molecule has 1 aromatic carbocycles. The van der Waals surface area contributed by atoms with Crippen molar-refractivity contribution in [2.24, 2.45) is 0 Å². The maximum atomic E-state index is 14.1. The zero-order valence-electron chi connectivity index (χ0n) is 18.4. The van der Waals surface area contributed by atoms with Crippen molar-refractivity contribution in [2.75, 3.05) is 43.4 Å². The van der Waals surface area contributed by atoms with E-state index in [-0.39, 0.29) is 11.6 Å². The number of furan rings is 1. The molecular formula is C22H20F3N9O. The van der Waals surface area contributed by atoms with Gasteiger partial charge < -0.3 is 15.1 Å². The Kier molecular flexibility index (Phi) is 5.06. The molecule has 1 aliphatic heterocycles. The van der Waals surface area contributed by atoms with Gasteiger partial charge in [-0.1, -0.05) is 0 Å². The Morgan fingerprint density at radius 2 is 1.74 bits per heavy atom. The largest absolute Gasteiger partial charge is 0.461 e. The second-order valence-corrected chi connectivity index (χ2v) is 8.27. The first-order valence-electron chi connectivity index (χ1n) is 11.0. The van der Waals surface area contributed by atoms with Gasteiger partial charge in [-0.25, -0.2) is 22.8 Å². The van der Waals surface area contributed by atoms with Crippen molar-refractivity contribution < 1.29 is 17.6 Å². The summed E-state index contributed by atoms with van der Waals surface area (Å²) in [7, 11) is 0. The topological polar surface area (TPSA) is 107 Å². The van der Waals surface area contributed by atoms with E-state index >= 15 is 0 Å². The monoisotopic (exact) mass is 483 g/mol. The molecule has 0 bridgehead atoms. The number of benzene rings is 1. The van der Waals surface area contributed by atoms with Crippen LogP contribution in [0.2, 0.25) is 0 Å². The molecule has 180 valence electrons. The third-order valence-electron chi connectivity index (χ3n) is 6.14. The van der Waals surface area contributed by atoms with E-state index in [1.807, 2.05) is 0 Å². The van der Waals surface area contributed by atoms with Crippen molar-refractivity contribution in [3.05, 3.63) is 54.2 Å².